The third-order valence-corrected chi connectivity index (χ3v) is 5.64. The number of benzene rings is 2. The van der Waals surface area contributed by atoms with E-state index in [2.05, 4.69) is 26.8 Å². The second-order valence-electron chi connectivity index (χ2n) is 7.69. The lowest BCUT2D eigenvalue weighted by atomic mass is 10.1. The molecule has 0 spiro atoms. The van der Waals surface area contributed by atoms with Crippen LogP contribution in [0.2, 0.25) is 0 Å². The van der Waals surface area contributed by atoms with E-state index in [0.29, 0.717) is 52.9 Å². The number of nitrogens with one attached hydrogen (secondary N) is 3. The van der Waals surface area contributed by atoms with Crippen molar-refractivity contribution in [3.8, 4) is 34.6 Å². The summed E-state index contributed by atoms with van der Waals surface area (Å²) >= 11 is 0. The van der Waals surface area contributed by atoms with Gasteiger partial charge in [0.2, 0.25) is 0 Å². The first-order chi connectivity index (χ1) is 16.6. The van der Waals surface area contributed by atoms with Gasteiger partial charge in [0, 0.05) is 12.1 Å². The fourth-order valence-electron chi connectivity index (χ4n) is 3.98. The second-order valence-corrected chi connectivity index (χ2v) is 7.69. The Morgan fingerprint density at radius 2 is 2.06 bits per heavy atom. The van der Waals surface area contributed by atoms with Crippen LogP contribution in [-0.4, -0.2) is 47.9 Å². The van der Waals surface area contributed by atoms with E-state index in [0.717, 1.165) is 16.8 Å². The van der Waals surface area contributed by atoms with Gasteiger partial charge in [-0.2, -0.15) is 14.9 Å². The number of rotatable bonds is 7. The number of imidazole rings is 1. The molecule has 0 aliphatic carbocycles. The number of H-pyrrole nitrogens is 1. The molecular formula is C24H22N6O4. The molecule has 0 bridgehead atoms. The first-order valence-electron chi connectivity index (χ1n) is 10.6. The predicted molar refractivity (Wildman–Crippen MR) is 126 cm³/mol. The summed E-state index contributed by atoms with van der Waals surface area (Å²) in [5.74, 6) is 2.47. The molecule has 0 atom stereocenters. The van der Waals surface area contributed by atoms with Gasteiger partial charge >= 0.3 is 0 Å². The summed E-state index contributed by atoms with van der Waals surface area (Å²) in [6.45, 7) is 0.596. The number of carbonyl (C=O) groups excluding carboxylic acids is 1. The van der Waals surface area contributed by atoms with Crippen LogP contribution in [-0.2, 0) is 11.2 Å². The first kappa shape index (κ1) is 21.2. The third-order valence-electron chi connectivity index (χ3n) is 5.64. The predicted octanol–water partition coefficient (Wildman–Crippen LogP) is 3.20. The van der Waals surface area contributed by atoms with Gasteiger partial charge in [-0.1, -0.05) is 6.07 Å². The SMILES string of the molecule is COc1ccc(CCNc2c(-c3ccc4c(c3)NC(=O)CO4)[nH]c3c(C#N)cnn23)cc1OC. The fraction of sp³-hybridized carbons (Fsp3) is 0.208. The van der Waals surface area contributed by atoms with Crippen LogP contribution in [0.15, 0.2) is 42.6 Å². The van der Waals surface area contributed by atoms with E-state index in [-0.39, 0.29) is 12.5 Å². The van der Waals surface area contributed by atoms with Crippen molar-refractivity contribution >= 4 is 23.1 Å². The van der Waals surface area contributed by atoms with Crippen molar-refractivity contribution in [1.29, 1.82) is 5.26 Å². The van der Waals surface area contributed by atoms with Crippen molar-refractivity contribution in [2.24, 2.45) is 0 Å². The molecule has 0 fully saturated rings. The smallest absolute Gasteiger partial charge is 0.262 e. The van der Waals surface area contributed by atoms with Gasteiger partial charge in [-0.3, -0.25) is 4.79 Å². The molecule has 3 heterocycles. The standard InChI is InChI=1S/C24H22N6O4/c1-32-19-5-3-14(9-20(19)33-2)7-8-26-24-22(29-23-16(11-25)12-27-30(23)24)15-4-6-18-17(10-15)28-21(31)13-34-18/h3-6,9-10,12,26,29H,7-8,13H2,1-2H3,(H,28,31). The van der Waals surface area contributed by atoms with Crippen LogP contribution in [0.5, 0.6) is 17.2 Å². The quantitative estimate of drug-likeness (QED) is 0.388. The topological polar surface area (TPSA) is 126 Å². The normalized spacial score (nSPS) is 12.4. The van der Waals surface area contributed by atoms with Crippen molar-refractivity contribution in [2.45, 2.75) is 6.42 Å². The minimum Gasteiger partial charge on any atom is -0.493 e. The zero-order chi connectivity index (χ0) is 23.7. The van der Waals surface area contributed by atoms with Crippen LogP contribution in [0.25, 0.3) is 16.9 Å². The molecule has 0 saturated heterocycles. The molecule has 2 aromatic heterocycles. The highest BCUT2D eigenvalue weighted by Crippen LogP contribution is 2.36. The van der Waals surface area contributed by atoms with Gasteiger partial charge in [0.1, 0.15) is 17.4 Å². The zero-order valence-electron chi connectivity index (χ0n) is 18.6. The van der Waals surface area contributed by atoms with Crippen molar-refractivity contribution in [2.75, 3.05) is 38.0 Å². The van der Waals surface area contributed by atoms with Crippen molar-refractivity contribution < 1.29 is 19.0 Å². The molecule has 3 N–H and O–H groups in total. The largest absolute Gasteiger partial charge is 0.493 e. The summed E-state index contributed by atoms with van der Waals surface area (Å²) in [5.41, 5.74) is 4.25. The van der Waals surface area contributed by atoms with Crippen molar-refractivity contribution in [3.63, 3.8) is 0 Å². The highest BCUT2D eigenvalue weighted by Gasteiger charge is 2.21. The molecule has 0 unspecified atom stereocenters. The lowest BCUT2D eigenvalue weighted by Crippen LogP contribution is -2.25. The highest BCUT2D eigenvalue weighted by molar-refractivity contribution is 5.96. The summed E-state index contributed by atoms with van der Waals surface area (Å²) in [6.07, 6.45) is 2.24. The van der Waals surface area contributed by atoms with Crippen molar-refractivity contribution in [3.05, 3.63) is 53.7 Å². The molecule has 4 aromatic rings. The summed E-state index contributed by atoms with van der Waals surface area (Å²) < 4.78 is 17.9. The summed E-state index contributed by atoms with van der Waals surface area (Å²) in [4.78, 5) is 15.1. The zero-order valence-corrected chi connectivity index (χ0v) is 18.6. The summed E-state index contributed by atoms with van der Waals surface area (Å²) in [7, 11) is 3.22. The first-order valence-corrected chi connectivity index (χ1v) is 10.6. The Hall–Kier alpha value is -4.65. The number of aromatic nitrogens is 3. The van der Waals surface area contributed by atoms with Crippen LogP contribution >= 0.6 is 0 Å². The number of fused-ring (bicyclic) bond motifs is 2. The van der Waals surface area contributed by atoms with Crippen LogP contribution in [0, 0.1) is 11.3 Å². The Morgan fingerprint density at radius 1 is 1.21 bits per heavy atom. The average molecular weight is 458 g/mol. The van der Waals surface area contributed by atoms with Crippen LogP contribution in [0.4, 0.5) is 11.5 Å². The van der Waals surface area contributed by atoms with Crippen LogP contribution in [0.1, 0.15) is 11.1 Å². The van der Waals surface area contributed by atoms with Crippen LogP contribution in [0.3, 0.4) is 0 Å². The minimum absolute atomic E-state index is 0.00283. The van der Waals surface area contributed by atoms with Gasteiger partial charge in [0.25, 0.3) is 5.91 Å². The maximum absolute atomic E-state index is 11.8. The molecule has 34 heavy (non-hydrogen) atoms. The Labute approximate surface area is 195 Å². The number of aromatic amines is 1. The Bertz CT molecular complexity index is 1430. The fourth-order valence-corrected chi connectivity index (χ4v) is 3.98. The number of nitriles is 1. The Kier molecular flexibility index (Phi) is 5.43. The number of anilines is 2. The molecule has 2 aromatic carbocycles. The molecule has 1 amide bonds. The van der Waals surface area contributed by atoms with E-state index in [4.69, 9.17) is 14.2 Å². The van der Waals surface area contributed by atoms with E-state index in [9.17, 15) is 10.1 Å². The van der Waals surface area contributed by atoms with Gasteiger partial charge in [-0.15, -0.1) is 0 Å². The lowest BCUT2D eigenvalue weighted by Gasteiger charge is -2.18. The van der Waals surface area contributed by atoms with E-state index in [1.807, 2.05) is 36.4 Å². The molecule has 0 saturated carbocycles. The maximum atomic E-state index is 11.8. The number of carbonyl (C=O) groups is 1. The van der Waals surface area contributed by atoms with E-state index in [1.54, 1.807) is 18.7 Å². The molecule has 10 heteroatoms. The van der Waals surface area contributed by atoms with E-state index in [1.165, 1.54) is 6.20 Å². The molecule has 10 nitrogen and oxygen atoms in total. The van der Waals surface area contributed by atoms with Gasteiger partial charge in [-0.05, 0) is 42.3 Å². The monoisotopic (exact) mass is 458 g/mol. The number of hydrogen-bond donors (Lipinski definition) is 3. The lowest BCUT2D eigenvalue weighted by molar-refractivity contribution is -0.118. The minimum atomic E-state index is -0.203. The maximum Gasteiger partial charge on any atom is 0.262 e. The Morgan fingerprint density at radius 3 is 2.85 bits per heavy atom. The third kappa shape index (κ3) is 3.73. The number of hydrogen-bond acceptors (Lipinski definition) is 7. The molecule has 1 aliphatic heterocycles. The number of methoxy groups -OCH3 is 2. The molecule has 5 rings (SSSR count). The summed E-state index contributed by atoms with van der Waals surface area (Å²) in [5, 5.41) is 20.1. The van der Waals surface area contributed by atoms with Gasteiger partial charge in [0.15, 0.2) is 29.6 Å². The summed E-state index contributed by atoms with van der Waals surface area (Å²) in [6, 6.07) is 13.5. The highest BCUT2D eigenvalue weighted by atomic mass is 16.5. The molecular weight excluding hydrogens is 436 g/mol. The molecule has 0 radical (unpaired) electrons. The molecule has 172 valence electrons. The van der Waals surface area contributed by atoms with E-state index >= 15 is 0 Å². The number of nitrogens with zero attached hydrogens (tertiary/aromatic N) is 3. The van der Waals surface area contributed by atoms with E-state index < -0.39 is 0 Å². The average Bonchev–Trinajstić information content (AvgIpc) is 3.43. The number of ether oxygens (including phenoxy) is 3. The molecule has 1 aliphatic rings. The van der Waals surface area contributed by atoms with Crippen LogP contribution < -0.4 is 24.8 Å². The van der Waals surface area contributed by atoms with Gasteiger partial charge in [0.05, 0.1) is 31.8 Å². The Balaban J connectivity index is 1.46. The van der Waals surface area contributed by atoms with Gasteiger partial charge < -0.3 is 29.8 Å². The second kappa shape index (κ2) is 8.71. The van der Waals surface area contributed by atoms with Gasteiger partial charge in [-0.25, -0.2) is 0 Å². The van der Waals surface area contributed by atoms with Crippen molar-refractivity contribution in [1.82, 2.24) is 14.6 Å². The number of amides is 1.